The van der Waals surface area contributed by atoms with Crippen molar-refractivity contribution in [2.75, 3.05) is 6.54 Å². The molecule has 0 bridgehead atoms. The first kappa shape index (κ1) is 10.6. The van der Waals surface area contributed by atoms with Gasteiger partial charge in [0.2, 0.25) is 0 Å². The smallest absolute Gasteiger partial charge is 0.256 e. The van der Waals surface area contributed by atoms with Crippen LogP contribution in [0.2, 0.25) is 0 Å². The Balaban J connectivity index is 2.07. The number of rotatable bonds is 3. The predicted molar refractivity (Wildman–Crippen MR) is 54.1 cm³/mol. The van der Waals surface area contributed by atoms with Crippen molar-refractivity contribution in [3.05, 3.63) is 11.7 Å². The molecule has 0 aromatic carbocycles. The molecule has 1 fully saturated rings. The van der Waals surface area contributed by atoms with Gasteiger partial charge in [0.15, 0.2) is 5.82 Å². The van der Waals surface area contributed by atoms with Crippen LogP contribution in [0.5, 0.6) is 0 Å². The fourth-order valence-corrected chi connectivity index (χ4v) is 2.09. The normalized spacial score (nSPS) is 28.2. The van der Waals surface area contributed by atoms with Crippen LogP contribution in [0, 0.1) is 5.92 Å². The van der Waals surface area contributed by atoms with Crippen molar-refractivity contribution in [3.8, 4) is 0 Å². The van der Waals surface area contributed by atoms with Crippen molar-refractivity contribution < 1.29 is 9.63 Å². The standard InChI is InChI=1S/C10H17N3O2/c1-6-2-3-7(4-6)9-12-10(15-13-9)8(14)5-11/h6-8,14H,2-5,11H2,1H3/t6?,7?,8-/m0/s1. The van der Waals surface area contributed by atoms with Gasteiger partial charge in [0.25, 0.3) is 5.89 Å². The van der Waals surface area contributed by atoms with Crippen molar-refractivity contribution in [1.29, 1.82) is 0 Å². The van der Waals surface area contributed by atoms with E-state index in [-0.39, 0.29) is 12.4 Å². The topological polar surface area (TPSA) is 85.2 Å². The van der Waals surface area contributed by atoms with Gasteiger partial charge in [0.1, 0.15) is 6.10 Å². The van der Waals surface area contributed by atoms with Crippen LogP contribution in [0.3, 0.4) is 0 Å². The molecule has 1 aromatic heterocycles. The Hall–Kier alpha value is -0.940. The van der Waals surface area contributed by atoms with E-state index in [0.717, 1.165) is 24.6 Å². The molecule has 1 aliphatic carbocycles. The van der Waals surface area contributed by atoms with Crippen LogP contribution in [-0.4, -0.2) is 21.8 Å². The SMILES string of the molecule is CC1CCC(c2noc([C@@H](O)CN)n2)C1. The number of hydrogen-bond donors (Lipinski definition) is 2. The van der Waals surface area contributed by atoms with Crippen LogP contribution in [0.1, 0.15) is 49.9 Å². The van der Waals surface area contributed by atoms with Crippen LogP contribution < -0.4 is 5.73 Å². The lowest BCUT2D eigenvalue weighted by Crippen LogP contribution is -2.11. The molecule has 1 aromatic rings. The predicted octanol–water partition coefficient (Wildman–Crippen LogP) is 0.965. The Morgan fingerprint density at radius 2 is 2.40 bits per heavy atom. The highest BCUT2D eigenvalue weighted by molar-refractivity contribution is 5.00. The fourth-order valence-electron chi connectivity index (χ4n) is 2.09. The molecule has 2 rings (SSSR count). The molecule has 0 aliphatic heterocycles. The summed E-state index contributed by atoms with van der Waals surface area (Å²) in [7, 11) is 0. The van der Waals surface area contributed by atoms with Crippen molar-refractivity contribution in [1.82, 2.24) is 10.1 Å². The third kappa shape index (κ3) is 2.18. The van der Waals surface area contributed by atoms with E-state index in [4.69, 9.17) is 10.3 Å². The zero-order valence-electron chi connectivity index (χ0n) is 8.89. The third-order valence-electron chi connectivity index (χ3n) is 3.03. The summed E-state index contributed by atoms with van der Waals surface area (Å²) in [6, 6.07) is 0. The molecule has 5 nitrogen and oxygen atoms in total. The number of aliphatic hydroxyl groups is 1. The van der Waals surface area contributed by atoms with Gasteiger partial charge in [-0.3, -0.25) is 0 Å². The molecule has 0 spiro atoms. The first-order valence-corrected chi connectivity index (χ1v) is 5.42. The number of nitrogens with zero attached hydrogens (tertiary/aromatic N) is 2. The molecule has 2 unspecified atom stereocenters. The molecule has 84 valence electrons. The molecule has 1 aliphatic rings. The Bertz CT molecular complexity index is 326. The fraction of sp³-hybridized carbons (Fsp3) is 0.800. The lowest BCUT2D eigenvalue weighted by Gasteiger charge is -2.02. The highest BCUT2D eigenvalue weighted by Crippen LogP contribution is 2.36. The maximum absolute atomic E-state index is 9.42. The van der Waals surface area contributed by atoms with Crippen LogP contribution in [0.25, 0.3) is 0 Å². The molecule has 0 amide bonds. The molecule has 5 heteroatoms. The summed E-state index contributed by atoms with van der Waals surface area (Å²) in [5.41, 5.74) is 5.31. The minimum absolute atomic E-state index is 0.114. The molecule has 1 saturated carbocycles. The first-order chi connectivity index (χ1) is 7.20. The van der Waals surface area contributed by atoms with Crippen LogP contribution in [0.15, 0.2) is 4.52 Å². The summed E-state index contributed by atoms with van der Waals surface area (Å²) >= 11 is 0. The number of hydrogen-bond acceptors (Lipinski definition) is 5. The van der Waals surface area contributed by atoms with E-state index in [1.54, 1.807) is 0 Å². The Morgan fingerprint density at radius 3 is 3.00 bits per heavy atom. The average Bonchev–Trinajstić information content (AvgIpc) is 2.84. The molecule has 3 N–H and O–H groups in total. The lowest BCUT2D eigenvalue weighted by molar-refractivity contribution is 0.141. The summed E-state index contributed by atoms with van der Waals surface area (Å²) in [5.74, 6) is 2.09. The van der Waals surface area contributed by atoms with Gasteiger partial charge in [0, 0.05) is 12.5 Å². The van der Waals surface area contributed by atoms with E-state index in [0.29, 0.717) is 5.92 Å². The summed E-state index contributed by atoms with van der Waals surface area (Å²) in [5, 5.41) is 13.3. The second-order valence-corrected chi connectivity index (χ2v) is 4.36. The van der Waals surface area contributed by atoms with Crippen LogP contribution in [-0.2, 0) is 0 Å². The lowest BCUT2D eigenvalue weighted by atomic mass is 10.1. The second kappa shape index (κ2) is 4.28. The Kier molecular flexibility index (Phi) is 3.02. The van der Waals surface area contributed by atoms with Crippen LogP contribution in [0.4, 0.5) is 0 Å². The first-order valence-electron chi connectivity index (χ1n) is 5.42. The largest absolute Gasteiger partial charge is 0.382 e. The number of aromatic nitrogens is 2. The van der Waals surface area contributed by atoms with Crippen LogP contribution >= 0.6 is 0 Å². The average molecular weight is 211 g/mol. The highest BCUT2D eigenvalue weighted by atomic mass is 16.5. The maximum Gasteiger partial charge on any atom is 0.256 e. The summed E-state index contributed by atoms with van der Waals surface area (Å²) < 4.78 is 4.97. The Morgan fingerprint density at radius 1 is 1.60 bits per heavy atom. The van der Waals surface area contributed by atoms with E-state index in [9.17, 15) is 5.11 Å². The molecule has 3 atom stereocenters. The van der Waals surface area contributed by atoms with Gasteiger partial charge in [-0.15, -0.1) is 0 Å². The second-order valence-electron chi connectivity index (χ2n) is 4.36. The van der Waals surface area contributed by atoms with E-state index >= 15 is 0 Å². The van der Waals surface area contributed by atoms with E-state index in [1.165, 1.54) is 6.42 Å². The molecule has 1 heterocycles. The quantitative estimate of drug-likeness (QED) is 0.778. The minimum atomic E-state index is -0.829. The molecular formula is C10H17N3O2. The van der Waals surface area contributed by atoms with Crippen molar-refractivity contribution >= 4 is 0 Å². The summed E-state index contributed by atoms with van der Waals surface area (Å²) in [6.45, 7) is 2.35. The summed E-state index contributed by atoms with van der Waals surface area (Å²) in [4.78, 5) is 4.19. The molecule has 0 radical (unpaired) electrons. The van der Waals surface area contributed by atoms with Gasteiger partial charge in [0.05, 0.1) is 0 Å². The molecule has 0 saturated heterocycles. The molecule has 15 heavy (non-hydrogen) atoms. The van der Waals surface area contributed by atoms with E-state index < -0.39 is 6.10 Å². The van der Waals surface area contributed by atoms with Gasteiger partial charge in [-0.05, 0) is 25.2 Å². The monoisotopic (exact) mass is 211 g/mol. The number of nitrogens with two attached hydrogens (primary N) is 1. The third-order valence-corrected chi connectivity index (χ3v) is 3.03. The summed E-state index contributed by atoms with van der Waals surface area (Å²) in [6.07, 6.45) is 2.61. The van der Waals surface area contributed by atoms with Gasteiger partial charge < -0.3 is 15.4 Å². The van der Waals surface area contributed by atoms with Gasteiger partial charge in [-0.1, -0.05) is 12.1 Å². The zero-order chi connectivity index (χ0) is 10.8. The van der Waals surface area contributed by atoms with Crippen molar-refractivity contribution in [3.63, 3.8) is 0 Å². The van der Waals surface area contributed by atoms with E-state index in [2.05, 4.69) is 17.1 Å². The zero-order valence-corrected chi connectivity index (χ0v) is 8.89. The molecular weight excluding hydrogens is 194 g/mol. The van der Waals surface area contributed by atoms with Crippen molar-refractivity contribution in [2.24, 2.45) is 11.7 Å². The van der Waals surface area contributed by atoms with Gasteiger partial charge in [-0.25, -0.2) is 0 Å². The number of aliphatic hydroxyl groups excluding tert-OH is 1. The minimum Gasteiger partial charge on any atom is -0.382 e. The maximum atomic E-state index is 9.42. The van der Waals surface area contributed by atoms with Gasteiger partial charge >= 0.3 is 0 Å². The van der Waals surface area contributed by atoms with E-state index in [1.807, 2.05) is 0 Å². The highest BCUT2D eigenvalue weighted by Gasteiger charge is 2.27. The Labute approximate surface area is 88.7 Å². The van der Waals surface area contributed by atoms with Crippen molar-refractivity contribution in [2.45, 2.75) is 38.2 Å². The van der Waals surface area contributed by atoms with Gasteiger partial charge in [-0.2, -0.15) is 4.98 Å².